The monoisotopic (exact) mass is 273 g/mol. The third-order valence-corrected chi connectivity index (χ3v) is 3.14. The highest BCUT2D eigenvalue weighted by Gasteiger charge is 2.09. The zero-order valence-corrected chi connectivity index (χ0v) is 11.1. The summed E-state index contributed by atoms with van der Waals surface area (Å²) >= 11 is 0. The molecule has 1 atom stereocenters. The van der Waals surface area contributed by atoms with Gasteiger partial charge in [-0.15, -0.1) is 0 Å². The Bertz CT molecular complexity index is 601. The maximum atomic E-state index is 13.7. The molecule has 3 N–H and O–H groups in total. The second kappa shape index (κ2) is 6.25. The number of primary amides is 1. The van der Waals surface area contributed by atoms with Crippen LogP contribution in [0.5, 0.6) is 0 Å². The molecule has 20 heavy (non-hydrogen) atoms. The lowest BCUT2D eigenvalue weighted by Crippen LogP contribution is -2.19. The Morgan fingerprint density at radius 3 is 2.70 bits per heavy atom. The summed E-state index contributed by atoms with van der Waals surface area (Å²) in [7, 11) is 0. The fraction of sp³-hybridized carbons (Fsp3) is 0.200. The van der Waals surface area contributed by atoms with Crippen LogP contribution in [0.15, 0.2) is 42.7 Å². The summed E-state index contributed by atoms with van der Waals surface area (Å²) < 4.78 is 13.7. The molecule has 1 aromatic heterocycles. The van der Waals surface area contributed by atoms with E-state index in [2.05, 4.69) is 10.3 Å². The van der Waals surface area contributed by atoms with Crippen molar-refractivity contribution < 1.29 is 9.18 Å². The van der Waals surface area contributed by atoms with Gasteiger partial charge < -0.3 is 11.1 Å². The van der Waals surface area contributed by atoms with Gasteiger partial charge in [0.05, 0.1) is 0 Å². The molecule has 0 aliphatic heterocycles. The molecule has 1 heterocycles. The van der Waals surface area contributed by atoms with Crippen molar-refractivity contribution in [3.8, 4) is 0 Å². The van der Waals surface area contributed by atoms with Gasteiger partial charge in [0.15, 0.2) is 0 Å². The molecular weight excluding hydrogens is 257 g/mol. The minimum atomic E-state index is -0.562. The first-order valence-corrected chi connectivity index (χ1v) is 6.29. The zero-order chi connectivity index (χ0) is 14.5. The lowest BCUT2D eigenvalue weighted by molar-refractivity contribution is 0.1000. The second-order valence-electron chi connectivity index (χ2n) is 4.55. The number of halogens is 1. The smallest absolute Gasteiger partial charge is 0.248 e. The van der Waals surface area contributed by atoms with Crippen LogP contribution in [0, 0.1) is 5.82 Å². The first-order valence-electron chi connectivity index (χ1n) is 6.29. The van der Waals surface area contributed by atoms with Crippen molar-refractivity contribution in [3.05, 3.63) is 65.2 Å². The van der Waals surface area contributed by atoms with Crippen molar-refractivity contribution in [2.45, 2.75) is 19.5 Å². The number of hydrogen-bond acceptors (Lipinski definition) is 3. The number of pyridine rings is 1. The quantitative estimate of drug-likeness (QED) is 0.877. The normalized spacial score (nSPS) is 12.1. The Hall–Kier alpha value is -2.27. The lowest BCUT2D eigenvalue weighted by atomic mass is 10.1. The molecular formula is C15H16FN3O. The van der Waals surface area contributed by atoms with E-state index in [0.29, 0.717) is 17.7 Å². The van der Waals surface area contributed by atoms with Gasteiger partial charge in [-0.3, -0.25) is 9.78 Å². The molecule has 0 bridgehead atoms. The highest BCUT2D eigenvalue weighted by Crippen LogP contribution is 2.14. The molecule has 0 saturated carbocycles. The van der Waals surface area contributed by atoms with E-state index in [1.165, 1.54) is 18.2 Å². The molecule has 0 aliphatic carbocycles. The van der Waals surface area contributed by atoms with E-state index in [-0.39, 0.29) is 11.9 Å². The topological polar surface area (TPSA) is 68.0 Å². The molecule has 0 saturated heterocycles. The molecule has 0 aliphatic rings. The highest BCUT2D eigenvalue weighted by molar-refractivity contribution is 5.92. The van der Waals surface area contributed by atoms with E-state index >= 15 is 0 Å². The third-order valence-electron chi connectivity index (χ3n) is 3.14. The van der Waals surface area contributed by atoms with Crippen LogP contribution in [-0.2, 0) is 6.54 Å². The fourth-order valence-corrected chi connectivity index (χ4v) is 1.90. The molecule has 2 rings (SSSR count). The molecule has 0 unspecified atom stereocenters. The zero-order valence-electron chi connectivity index (χ0n) is 11.1. The summed E-state index contributed by atoms with van der Waals surface area (Å²) in [6, 6.07) is 7.96. The van der Waals surface area contributed by atoms with Gasteiger partial charge in [0.2, 0.25) is 5.91 Å². The number of nitrogens with one attached hydrogen (secondary N) is 1. The van der Waals surface area contributed by atoms with Gasteiger partial charge in [-0.2, -0.15) is 0 Å². The lowest BCUT2D eigenvalue weighted by Gasteiger charge is -2.14. The Kier molecular flexibility index (Phi) is 4.42. The summed E-state index contributed by atoms with van der Waals surface area (Å²) in [5.74, 6) is -0.919. The Morgan fingerprint density at radius 1 is 1.35 bits per heavy atom. The predicted octanol–water partition coefficient (Wildman–Crippen LogP) is 2.17. The number of amides is 1. The number of carbonyl (C=O) groups is 1. The van der Waals surface area contributed by atoms with Gasteiger partial charge in [-0.1, -0.05) is 0 Å². The van der Waals surface area contributed by atoms with Crippen molar-refractivity contribution >= 4 is 5.91 Å². The fourth-order valence-electron chi connectivity index (χ4n) is 1.90. The van der Waals surface area contributed by atoms with Crippen molar-refractivity contribution in [3.63, 3.8) is 0 Å². The van der Waals surface area contributed by atoms with Crippen LogP contribution in [-0.4, -0.2) is 10.9 Å². The van der Waals surface area contributed by atoms with Crippen LogP contribution < -0.4 is 11.1 Å². The number of hydrogen-bond donors (Lipinski definition) is 2. The number of nitrogens with two attached hydrogens (primary N) is 1. The van der Waals surface area contributed by atoms with E-state index < -0.39 is 5.91 Å². The van der Waals surface area contributed by atoms with Gasteiger partial charge in [0.1, 0.15) is 5.82 Å². The summed E-state index contributed by atoms with van der Waals surface area (Å²) in [5.41, 5.74) is 6.98. The minimum absolute atomic E-state index is 0.0506. The number of benzene rings is 1. The van der Waals surface area contributed by atoms with Crippen molar-refractivity contribution in [2.75, 3.05) is 0 Å². The van der Waals surface area contributed by atoms with Crippen LogP contribution in [0.4, 0.5) is 4.39 Å². The van der Waals surface area contributed by atoms with Crippen LogP contribution >= 0.6 is 0 Å². The standard InChI is InChI=1S/C15H16FN3O/c1-10(11-4-6-18-7-5-11)19-9-13-8-12(15(17)20)2-3-14(13)16/h2-8,10,19H,9H2,1H3,(H2,17,20)/t10-/m1/s1. The number of carbonyl (C=O) groups excluding carboxylic acids is 1. The second-order valence-corrected chi connectivity index (χ2v) is 4.55. The predicted molar refractivity (Wildman–Crippen MR) is 74.4 cm³/mol. The summed E-state index contributed by atoms with van der Waals surface area (Å²) in [4.78, 5) is 15.0. The number of rotatable bonds is 5. The molecule has 104 valence electrons. The molecule has 4 nitrogen and oxygen atoms in total. The van der Waals surface area contributed by atoms with Crippen LogP contribution in [0.2, 0.25) is 0 Å². The van der Waals surface area contributed by atoms with Crippen LogP contribution in [0.1, 0.15) is 34.5 Å². The number of aromatic nitrogens is 1. The van der Waals surface area contributed by atoms with Crippen molar-refractivity contribution in [2.24, 2.45) is 5.73 Å². The van der Waals surface area contributed by atoms with Crippen LogP contribution in [0.25, 0.3) is 0 Å². The molecule has 0 spiro atoms. The average molecular weight is 273 g/mol. The van der Waals surface area contributed by atoms with E-state index in [1.807, 2.05) is 19.1 Å². The Balaban J connectivity index is 2.07. The maximum Gasteiger partial charge on any atom is 0.248 e. The summed E-state index contributed by atoms with van der Waals surface area (Å²) in [5, 5.41) is 3.20. The van der Waals surface area contributed by atoms with Crippen molar-refractivity contribution in [1.82, 2.24) is 10.3 Å². The molecule has 2 aromatic rings. The van der Waals surface area contributed by atoms with E-state index in [1.54, 1.807) is 12.4 Å². The third kappa shape index (κ3) is 3.39. The van der Waals surface area contributed by atoms with E-state index in [4.69, 9.17) is 5.73 Å². The number of nitrogens with zero attached hydrogens (tertiary/aromatic N) is 1. The highest BCUT2D eigenvalue weighted by atomic mass is 19.1. The van der Waals surface area contributed by atoms with Gasteiger partial charge in [0.25, 0.3) is 0 Å². The molecule has 0 radical (unpaired) electrons. The Morgan fingerprint density at radius 2 is 2.05 bits per heavy atom. The average Bonchev–Trinajstić information content (AvgIpc) is 2.46. The summed E-state index contributed by atoms with van der Waals surface area (Å²) in [6.07, 6.45) is 3.42. The molecule has 0 fully saturated rings. The van der Waals surface area contributed by atoms with Crippen molar-refractivity contribution in [1.29, 1.82) is 0 Å². The molecule has 5 heteroatoms. The Labute approximate surface area is 116 Å². The van der Waals surface area contributed by atoms with Gasteiger partial charge in [-0.25, -0.2) is 4.39 Å². The van der Waals surface area contributed by atoms with E-state index in [0.717, 1.165) is 5.56 Å². The SMILES string of the molecule is C[C@@H](NCc1cc(C(N)=O)ccc1F)c1ccncc1. The van der Waals surface area contributed by atoms with Gasteiger partial charge >= 0.3 is 0 Å². The maximum absolute atomic E-state index is 13.7. The molecule has 1 aromatic carbocycles. The molecule has 1 amide bonds. The minimum Gasteiger partial charge on any atom is -0.366 e. The van der Waals surface area contributed by atoms with Gasteiger partial charge in [-0.05, 0) is 42.8 Å². The first-order chi connectivity index (χ1) is 9.58. The largest absolute Gasteiger partial charge is 0.366 e. The van der Waals surface area contributed by atoms with E-state index in [9.17, 15) is 9.18 Å². The van der Waals surface area contributed by atoms with Crippen LogP contribution in [0.3, 0.4) is 0 Å². The summed E-state index contributed by atoms with van der Waals surface area (Å²) in [6.45, 7) is 2.29. The first kappa shape index (κ1) is 14.1. The van der Waals surface area contributed by atoms with Gasteiger partial charge in [0, 0.05) is 36.1 Å².